The number of carbonyl (C=O) groups excluding carboxylic acids is 1. The lowest BCUT2D eigenvalue weighted by atomic mass is 10.2. The Kier molecular flexibility index (Phi) is 4.99. The standard InChI is InChI=1S/C14H13BrO3S/c1-17-13-8-10(9-16)7-12(15)14(13)18-5-4-11-3-2-6-19-11/h2-3,6-9H,4-5H2,1H3. The first-order valence-electron chi connectivity index (χ1n) is 5.72. The molecule has 0 amide bonds. The summed E-state index contributed by atoms with van der Waals surface area (Å²) >= 11 is 5.11. The molecule has 19 heavy (non-hydrogen) atoms. The van der Waals surface area contributed by atoms with Gasteiger partial charge in [0.1, 0.15) is 6.29 Å². The van der Waals surface area contributed by atoms with Crippen LogP contribution in [-0.2, 0) is 6.42 Å². The van der Waals surface area contributed by atoms with Crippen molar-refractivity contribution in [2.75, 3.05) is 13.7 Å². The first kappa shape index (κ1) is 14.1. The minimum absolute atomic E-state index is 0.550. The second-order valence-corrected chi connectivity index (χ2v) is 5.72. The zero-order valence-corrected chi connectivity index (χ0v) is 12.8. The number of hydrogen-bond acceptors (Lipinski definition) is 4. The van der Waals surface area contributed by atoms with Crippen molar-refractivity contribution in [3.63, 3.8) is 0 Å². The molecule has 1 aromatic carbocycles. The third-order valence-corrected chi connectivity index (χ3v) is 4.09. The molecule has 1 heterocycles. The van der Waals surface area contributed by atoms with E-state index in [2.05, 4.69) is 22.0 Å². The third-order valence-electron chi connectivity index (χ3n) is 2.56. The third kappa shape index (κ3) is 3.58. The number of halogens is 1. The molecule has 2 rings (SSSR count). The summed E-state index contributed by atoms with van der Waals surface area (Å²) in [6, 6.07) is 7.49. The van der Waals surface area contributed by atoms with Gasteiger partial charge in [-0.15, -0.1) is 11.3 Å². The van der Waals surface area contributed by atoms with Crippen LogP contribution >= 0.6 is 27.3 Å². The Balaban J connectivity index is 2.08. The molecule has 0 aliphatic carbocycles. The van der Waals surface area contributed by atoms with Crippen molar-refractivity contribution in [2.24, 2.45) is 0 Å². The first-order valence-corrected chi connectivity index (χ1v) is 7.39. The van der Waals surface area contributed by atoms with Crippen LogP contribution in [0, 0.1) is 0 Å². The highest BCUT2D eigenvalue weighted by Crippen LogP contribution is 2.36. The van der Waals surface area contributed by atoms with Gasteiger partial charge in [0, 0.05) is 16.9 Å². The summed E-state index contributed by atoms with van der Waals surface area (Å²) in [7, 11) is 1.56. The average molecular weight is 341 g/mol. The number of aldehydes is 1. The number of methoxy groups -OCH3 is 1. The average Bonchev–Trinajstić information content (AvgIpc) is 2.93. The second-order valence-electron chi connectivity index (χ2n) is 3.83. The van der Waals surface area contributed by atoms with Gasteiger partial charge in [-0.1, -0.05) is 6.07 Å². The van der Waals surface area contributed by atoms with Gasteiger partial charge in [-0.2, -0.15) is 0 Å². The van der Waals surface area contributed by atoms with Crippen molar-refractivity contribution in [1.29, 1.82) is 0 Å². The lowest BCUT2D eigenvalue weighted by molar-refractivity contribution is 0.112. The molecule has 1 aromatic heterocycles. The summed E-state index contributed by atoms with van der Waals surface area (Å²) in [5, 5.41) is 2.05. The second kappa shape index (κ2) is 6.73. The van der Waals surface area contributed by atoms with Gasteiger partial charge in [0.15, 0.2) is 11.5 Å². The highest BCUT2D eigenvalue weighted by atomic mass is 79.9. The Hall–Kier alpha value is -1.33. The lowest BCUT2D eigenvalue weighted by Crippen LogP contribution is -2.03. The molecule has 0 N–H and O–H groups in total. The van der Waals surface area contributed by atoms with Crippen LogP contribution in [-0.4, -0.2) is 20.0 Å². The van der Waals surface area contributed by atoms with Crippen LogP contribution in [0.5, 0.6) is 11.5 Å². The van der Waals surface area contributed by atoms with E-state index in [4.69, 9.17) is 9.47 Å². The van der Waals surface area contributed by atoms with Crippen molar-refractivity contribution >= 4 is 33.6 Å². The van der Waals surface area contributed by atoms with Crippen molar-refractivity contribution in [3.8, 4) is 11.5 Å². The van der Waals surface area contributed by atoms with Crippen molar-refractivity contribution < 1.29 is 14.3 Å². The summed E-state index contributed by atoms with van der Waals surface area (Å²) in [5.74, 6) is 1.19. The molecular weight excluding hydrogens is 328 g/mol. The maximum absolute atomic E-state index is 10.8. The van der Waals surface area contributed by atoms with Gasteiger partial charge in [0.05, 0.1) is 18.2 Å². The van der Waals surface area contributed by atoms with E-state index in [0.29, 0.717) is 23.7 Å². The Morgan fingerprint density at radius 3 is 2.89 bits per heavy atom. The van der Waals surface area contributed by atoms with E-state index in [-0.39, 0.29) is 0 Å². The van der Waals surface area contributed by atoms with E-state index in [1.807, 2.05) is 11.4 Å². The van der Waals surface area contributed by atoms with E-state index in [0.717, 1.165) is 17.2 Å². The molecule has 0 radical (unpaired) electrons. The van der Waals surface area contributed by atoms with Crippen molar-refractivity contribution in [2.45, 2.75) is 6.42 Å². The minimum atomic E-state index is 0.550. The SMILES string of the molecule is COc1cc(C=O)cc(Br)c1OCCc1cccs1. The van der Waals surface area contributed by atoms with Gasteiger partial charge in [0.2, 0.25) is 0 Å². The molecule has 5 heteroatoms. The van der Waals surface area contributed by atoms with Gasteiger partial charge in [-0.25, -0.2) is 0 Å². The van der Waals surface area contributed by atoms with Crippen molar-refractivity contribution in [1.82, 2.24) is 0 Å². The van der Waals surface area contributed by atoms with Crippen LogP contribution < -0.4 is 9.47 Å². The summed E-state index contributed by atoms with van der Waals surface area (Å²) in [4.78, 5) is 12.1. The number of hydrogen-bond donors (Lipinski definition) is 0. The molecule has 0 bridgehead atoms. The Labute approximate surface area is 124 Å². The van der Waals surface area contributed by atoms with E-state index in [9.17, 15) is 4.79 Å². The van der Waals surface area contributed by atoms with Crippen molar-refractivity contribution in [3.05, 3.63) is 44.6 Å². The van der Waals surface area contributed by atoms with Crippen LogP contribution in [0.4, 0.5) is 0 Å². The number of thiophene rings is 1. The van der Waals surface area contributed by atoms with Crippen LogP contribution in [0.2, 0.25) is 0 Å². The summed E-state index contributed by atoms with van der Waals surface area (Å²) in [6.07, 6.45) is 1.63. The van der Waals surface area contributed by atoms with Crippen LogP contribution in [0.3, 0.4) is 0 Å². The summed E-state index contributed by atoms with van der Waals surface area (Å²) in [6.45, 7) is 0.565. The molecule has 0 aliphatic heterocycles. The van der Waals surface area contributed by atoms with Gasteiger partial charge in [0.25, 0.3) is 0 Å². The molecule has 0 aliphatic rings. The molecular formula is C14H13BrO3S. The topological polar surface area (TPSA) is 35.5 Å². The van der Waals surface area contributed by atoms with Gasteiger partial charge in [-0.3, -0.25) is 4.79 Å². The van der Waals surface area contributed by atoms with Gasteiger partial charge >= 0.3 is 0 Å². The monoisotopic (exact) mass is 340 g/mol. The Bertz CT molecular complexity index is 552. The Morgan fingerprint density at radius 2 is 2.26 bits per heavy atom. The minimum Gasteiger partial charge on any atom is -0.493 e. The van der Waals surface area contributed by atoms with Crippen LogP contribution in [0.15, 0.2) is 34.1 Å². The number of benzene rings is 1. The quantitative estimate of drug-likeness (QED) is 0.747. The maximum Gasteiger partial charge on any atom is 0.175 e. The number of rotatable bonds is 6. The molecule has 0 unspecified atom stereocenters. The predicted octanol–water partition coefficient (Wildman–Crippen LogP) is 3.95. The highest BCUT2D eigenvalue weighted by Gasteiger charge is 2.11. The molecule has 3 nitrogen and oxygen atoms in total. The normalized spacial score (nSPS) is 10.2. The zero-order chi connectivity index (χ0) is 13.7. The Morgan fingerprint density at radius 1 is 1.42 bits per heavy atom. The largest absolute Gasteiger partial charge is 0.493 e. The van der Waals surface area contributed by atoms with E-state index < -0.39 is 0 Å². The molecule has 2 aromatic rings. The fraction of sp³-hybridized carbons (Fsp3) is 0.214. The molecule has 0 saturated carbocycles. The molecule has 0 atom stereocenters. The summed E-state index contributed by atoms with van der Waals surface area (Å²) in [5.41, 5.74) is 0.550. The van der Waals surface area contributed by atoms with Crippen LogP contribution in [0.1, 0.15) is 15.2 Å². The smallest absolute Gasteiger partial charge is 0.175 e. The molecule has 0 saturated heterocycles. The lowest BCUT2D eigenvalue weighted by Gasteiger charge is -2.12. The highest BCUT2D eigenvalue weighted by molar-refractivity contribution is 9.10. The molecule has 100 valence electrons. The fourth-order valence-electron chi connectivity index (χ4n) is 1.66. The van der Waals surface area contributed by atoms with E-state index >= 15 is 0 Å². The van der Waals surface area contributed by atoms with Crippen LogP contribution in [0.25, 0.3) is 0 Å². The first-order chi connectivity index (χ1) is 9.24. The fourth-order valence-corrected chi connectivity index (χ4v) is 2.92. The van der Waals surface area contributed by atoms with Gasteiger partial charge in [-0.05, 0) is 39.5 Å². The van der Waals surface area contributed by atoms with Gasteiger partial charge < -0.3 is 9.47 Å². The van der Waals surface area contributed by atoms with E-state index in [1.54, 1.807) is 30.6 Å². The maximum atomic E-state index is 10.8. The summed E-state index contributed by atoms with van der Waals surface area (Å²) < 4.78 is 11.7. The van der Waals surface area contributed by atoms with E-state index in [1.165, 1.54) is 4.88 Å². The number of ether oxygens (including phenoxy) is 2. The number of carbonyl (C=O) groups is 1. The predicted molar refractivity (Wildman–Crippen MR) is 79.6 cm³/mol. The molecule has 0 fully saturated rings. The molecule has 0 spiro atoms. The zero-order valence-electron chi connectivity index (χ0n) is 10.4.